The summed E-state index contributed by atoms with van der Waals surface area (Å²) < 4.78 is 11.0. The number of methoxy groups -OCH3 is 1. The molecule has 4 rings (SSSR count). The third kappa shape index (κ3) is 2.23. The lowest BCUT2D eigenvalue weighted by Gasteiger charge is -2.12. The van der Waals surface area contributed by atoms with E-state index >= 15 is 0 Å². The molecule has 1 aromatic carbocycles. The molecular formula is C17H11N3O5. The molecule has 1 aromatic heterocycles. The van der Waals surface area contributed by atoms with Gasteiger partial charge in [0, 0.05) is 23.9 Å². The first-order valence-corrected chi connectivity index (χ1v) is 7.23. The van der Waals surface area contributed by atoms with E-state index in [1.807, 2.05) is 0 Å². The van der Waals surface area contributed by atoms with Crippen LogP contribution < -0.4 is 15.9 Å². The number of pyridine rings is 1. The lowest BCUT2D eigenvalue weighted by atomic mass is 10.1. The molecule has 2 heterocycles. The number of anilines is 1. The van der Waals surface area contributed by atoms with Gasteiger partial charge in [-0.25, -0.2) is 14.8 Å². The number of carbonyl (C=O) groups is 1. The lowest BCUT2D eigenvalue weighted by molar-refractivity contribution is 0.0690. The minimum Gasteiger partial charge on any atom is -0.496 e. The Balaban J connectivity index is 2.21. The Kier molecular flexibility index (Phi) is 3.08. The Bertz CT molecular complexity index is 1200. The third-order valence-electron chi connectivity index (χ3n) is 3.82. The number of carboxylic acid groups (broad SMARTS) is 1. The maximum absolute atomic E-state index is 12.4. The first kappa shape index (κ1) is 14.9. The van der Waals surface area contributed by atoms with E-state index in [1.165, 1.54) is 19.2 Å². The van der Waals surface area contributed by atoms with Crippen LogP contribution in [0.5, 0.6) is 5.75 Å². The number of benzene rings is 2. The summed E-state index contributed by atoms with van der Waals surface area (Å²) in [6.45, 7) is 0. The second-order valence-electron chi connectivity index (χ2n) is 5.40. The Hall–Kier alpha value is -3.68. The van der Waals surface area contributed by atoms with E-state index in [2.05, 4.69) is 9.97 Å². The molecular weight excluding hydrogens is 326 g/mol. The highest BCUT2D eigenvalue weighted by atomic mass is 16.5. The van der Waals surface area contributed by atoms with Crippen molar-refractivity contribution in [2.24, 2.45) is 0 Å². The smallest absolute Gasteiger partial charge is 0.354 e. The average Bonchev–Trinajstić information content (AvgIpc) is 2.59. The van der Waals surface area contributed by atoms with E-state index in [9.17, 15) is 9.59 Å². The number of aromatic nitrogens is 2. The molecule has 0 bridgehead atoms. The highest BCUT2D eigenvalue weighted by molar-refractivity contribution is 6.01. The van der Waals surface area contributed by atoms with Crippen LogP contribution in [-0.4, -0.2) is 28.2 Å². The second-order valence-corrected chi connectivity index (χ2v) is 5.40. The molecule has 0 atom stereocenters. The van der Waals surface area contributed by atoms with Crippen molar-refractivity contribution in [3.8, 4) is 17.2 Å². The van der Waals surface area contributed by atoms with Crippen LogP contribution in [0.25, 0.3) is 33.5 Å². The normalized spacial score (nSPS) is 11.2. The summed E-state index contributed by atoms with van der Waals surface area (Å²) in [6, 6.07) is 7.46. The summed E-state index contributed by atoms with van der Waals surface area (Å²) in [5.41, 5.74) is 6.75. The molecule has 8 nitrogen and oxygen atoms in total. The zero-order valence-electron chi connectivity index (χ0n) is 12.9. The number of nitrogen functional groups attached to an aromatic ring is 1. The topological polar surface area (TPSA) is 129 Å². The van der Waals surface area contributed by atoms with E-state index in [-0.39, 0.29) is 22.7 Å². The SMILES string of the molecule is COc1cc(C(=O)O)nc2c(=O)cc3oc4cc(N)ccc4nc-3c12. The van der Waals surface area contributed by atoms with Gasteiger partial charge < -0.3 is 20.0 Å². The molecule has 124 valence electrons. The molecule has 0 saturated heterocycles. The number of rotatable bonds is 2. The van der Waals surface area contributed by atoms with Crippen molar-refractivity contribution in [1.82, 2.24) is 9.97 Å². The molecule has 0 radical (unpaired) electrons. The first-order valence-electron chi connectivity index (χ1n) is 7.23. The van der Waals surface area contributed by atoms with E-state index < -0.39 is 11.4 Å². The van der Waals surface area contributed by atoms with Gasteiger partial charge in [0.25, 0.3) is 0 Å². The third-order valence-corrected chi connectivity index (χ3v) is 3.82. The van der Waals surface area contributed by atoms with Gasteiger partial charge in [0.2, 0.25) is 5.43 Å². The second kappa shape index (κ2) is 5.17. The zero-order chi connectivity index (χ0) is 17.7. The van der Waals surface area contributed by atoms with E-state index in [0.717, 1.165) is 0 Å². The Labute approximate surface area is 139 Å². The van der Waals surface area contributed by atoms with Crippen molar-refractivity contribution in [3.63, 3.8) is 0 Å². The zero-order valence-corrected chi connectivity index (χ0v) is 12.9. The fourth-order valence-electron chi connectivity index (χ4n) is 2.71. The summed E-state index contributed by atoms with van der Waals surface area (Å²) in [7, 11) is 1.38. The lowest BCUT2D eigenvalue weighted by Crippen LogP contribution is -2.10. The molecule has 1 aliphatic carbocycles. The minimum absolute atomic E-state index is 0.0401. The first-order chi connectivity index (χ1) is 12.0. The number of nitrogens with zero attached hydrogens (tertiary/aromatic N) is 2. The maximum Gasteiger partial charge on any atom is 0.354 e. The van der Waals surface area contributed by atoms with Crippen molar-refractivity contribution < 1.29 is 19.1 Å². The summed E-state index contributed by atoms with van der Waals surface area (Å²) in [5.74, 6) is -0.840. The van der Waals surface area contributed by atoms with E-state index in [0.29, 0.717) is 27.9 Å². The van der Waals surface area contributed by atoms with Gasteiger partial charge in [0.1, 0.15) is 22.5 Å². The molecule has 3 N–H and O–H groups in total. The largest absolute Gasteiger partial charge is 0.496 e. The van der Waals surface area contributed by atoms with Crippen molar-refractivity contribution in [2.75, 3.05) is 12.8 Å². The Morgan fingerprint density at radius 3 is 2.76 bits per heavy atom. The van der Waals surface area contributed by atoms with E-state index in [4.69, 9.17) is 20.0 Å². The van der Waals surface area contributed by atoms with Crippen LogP contribution in [-0.2, 0) is 0 Å². The molecule has 1 aliphatic heterocycles. The van der Waals surface area contributed by atoms with Gasteiger partial charge in [-0.1, -0.05) is 0 Å². The predicted molar refractivity (Wildman–Crippen MR) is 90.1 cm³/mol. The van der Waals surface area contributed by atoms with E-state index in [1.54, 1.807) is 18.2 Å². The van der Waals surface area contributed by atoms with Crippen molar-refractivity contribution in [1.29, 1.82) is 0 Å². The van der Waals surface area contributed by atoms with Gasteiger partial charge in [-0.2, -0.15) is 0 Å². The highest BCUT2D eigenvalue weighted by Gasteiger charge is 2.22. The summed E-state index contributed by atoms with van der Waals surface area (Å²) in [5, 5.41) is 9.47. The van der Waals surface area contributed by atoms with Crippen molar-refractivity contribution in [2.45, 2.75) is 0 Å². The fourth-order valence-corrected chi connectivity index (χ4v) is 2.71. The fraction of sp³-hybridized carbons (Fsp3) is 0.0588. The van der Waals surface area contributed by atoms with Crippen LogP contribution in [0.15, 0.2) is 39.5 Å². The number of hydrogen-bond donors (Lipinski definition) is 2. The number of hydrogen-bond acceptors (Lipinski definition) is 7. The molecule has 0 unspecified atom stereocenters. The van der Waals surface area contributed by atoms with Crippen molar-refractivity contribution >= 4 is 33.7 Å². The predicted octanol–water partition coefficient (Wildman–Crippen LogP) is 2.13. The Morgan fingerprint density at radius 2 is 2.04 bits per heavy atom. The molecule has 0 spiro atoms. The summed E-state index contributed by atoms with van der Waals surface area (Å²) >= 11 is 0. The number of fused-ring (bicyclic) bond motifs is 4. The van der Waals surface area contributed by atoms with Crippen LogP contribution in [0, 0.1) is 0 Å². The number of carboxylic acids is 1. The van der Waals surface area contributed by atoms with Gasteiger partial charge in [-0.05, 0) is 12.1 Å². The Morgan fingerprint density at radius 1 is 1.24 bits per heavy atom. The number of aromatic carboxylic acids is 1. The standard InChI is InChI=1S/C17H11N3O5/c1-24-12-5-9(17(22)23)20-15-10(21)6-13-16(14(12)15)19-8-3-2-7(18)4-11(8)25-13/h2-6H,18H2,1H3,(H,22,23). The van der Waals surface area contributed by atoms with Crippen LogP contribution in [0.3, 0.4) is 0 Å². The van der Waals surface area contributed by atoms with Gasteiger partial charge in [-0.15, -0.1) is 0 Å². The van der Waals surface area contributed by atoms with Crippen LogP contribution >= 0.6 is 0 Å². The average molecular weight is 337 g/mol. The maximum atomic E-state index is 12.4. The summed E-state index contributed by atoms with van der Waals surface area (Å²) in [6.07, 6.45) is 0. The monoisotopic (exact) mass is 337 g/mol. The molecule has 2 aromatic rings. The quantitative estimate of drug-likeness (QED) is 0.323. The van der Waals surface area contributed by atoms with Gasteiger partial charge in [-0.3, -0.25) is 4.79 Å². The van der Waals surface area contributed by atoms with Crippen LogP contribution in [0.2, 0.25) is 0 Å². The molecule has 0 saturated carbocycles. The van der Waals surface area contributed by atoms with Gasteiger partial charge in [0.15, 0.2) is 17.0 Å². The number of nitrogens with two attached hydrogens (primary N) is 1. The molecule has 0 amide bonds. The molecule has 2 aliphatic rings. The van der Waals surface area contributed by atoms with Crippen LogP contribution in [0.4, 0.5) is 5.69 Å². The summed E-state index contributed by atoms with van der Waals surface area (Å²) in [4.78, 5) is 32.1. The molecule has 25 heavy (non-hydrogen) atoms. The van der Waals surface area contributed by atoms with Crippen LogP contribution in [0.1, 0.15) is 10.5 Å². The number of ether oxygens (including phenoxy) is 1. The van der Waals surface area contributed by atoms with Gasteiger partial charge >= 0.3 is 5.97 Å². The minimum atomic E-state index is -1.26. The van der Waals surface area contributed by atoms with Crippen molar-refractivity contribution in [3.05, 3.63) is 46.2 Å². The van der Waals surface area contributed by atoms with Gasteiger partial charge in [0.05, 0.1) is 12.5 Å². The molecule has 0 fully saturated rings. The molecule has 8 heteroatoms. The highest BCUT2D eigenvalue weighted by Crippen LogP contribution is 2.35.